The highest BCUT2D eigenvalue weighted by Gasteiger charge is 2.65. The summed E-state index contributed by atoms with van der Waals surface area (Å²) in [6.45, 7) is 2.39. The van der Waals surface area contributed by atoms with E-state index in [9.17, 15) is 29.1 Å². The Morgan fingerprint density at radius 1 is 1.16 bits per heavy atom. The van der Waals surface area contributed by atoms with Crippen LogP contribution in [0.2, 0.25) is 0 Å². The number of carbonyl (C=O) groups is 5. The average molecular weight is 711 g/mol. The molecule has 1 aromatic carbocycles. The molecule has 2 aliphatic carbocycles. The van der Waals surface area contributed by atoms with E-state index in [0.29, 0.717) is 55.5 Å². The Kier molecular flexibility index (Phi) is 10.8. The van der Waals surface area contributed by atoms with Crippen LogP contribution in [0.1, 0.15) is 63.0 Å². The van der Waals surface area contributed by atoms with Gasteiger partial charge < -0.3 is 50.8 Å². The maximum Gasteiger partial charge on any atom is 0.415 e. The number of unbranched alkanes of at least 4 members (excludes halogenated alkanes) is 1. The fourth-order valence-electron chi connectivity index (χ4n) is 8.99. The van der Waals surface area contributed by atoms with Crippen LogP contribution in [-0.2, 0) is 35.8 Å². The molecule has 4 amide bonds. The van der Waals surface area contributed by atoms with Crippen molar-refractivity contribution in [3.05, 3.63) is 35.1 Å². The first-order chi connectivity index (χ1) is 24.5. The lowest BCUT2D eigenvalue weighted by Crippen LogP contribution is -2.63. The number of hydrogen-bond donors (Lipinski definition) is 5. The molecule has 2 saturated heterocycles. The van der Waals surface area contributed by atoms with Crippen molar-refractivity contribution >= 4 is 29.8 Å². The van der Waals surface area contributed by atoms with Gasteiger partial charge in [-0.1, -0.05) is 6.07 Å². The Morgan fingerprint density at radius 3 is 2.69 bits per heavy atom. The third-order valence-corrected chi connectivity index (χ3v) is 11.5. The fraction of sp³-hybridized carbons (Fsp3) is 0.639. The summed E-state index contributed by atoms with van der Waals surface area (Å²) in [5, 5.41) is 17.8. The van der Waals surface area contributed by atoms with Crippen LogP contribution in [0.3, 0.4) is 0 Å². The van der Waals surface area contributed by atoms with Gasteiger partial charge in [-0.15, -0.1) is 0 Å². The molecule has 5 aliphatic rings. The minimum Gasteiger partial charge on any atom is -0.493 e. The molecule has 3 heterocycles. The summed E-state index contributed by atoms with van der Waals surface area (Å²) in [7, 11) is 3.79. The van der Waals surface area contributed by atoms with Gasteiger partial charge in [0.15, 0.2) is 17.6 Å². The molecular weight excluding hydrogens is 660 g/mol. The van der Waals surface area contributed by atoms with Crippen LogP contribution < -0.4 is 31.2 Å². The molecule has 15 nitrogen and oxygen atoms in total. The first-order valence-electron chi connectivity index (χ1n) is 18.0. The van der Waals surface area contributed by atoms with Gasteiger partial charge in [0.25, 0.3) is 0 Å². The van der Waals surface area contributed by atoms with Crippen LogP contribution in [-0.4, -0.2) is 116 Å². The highest BCUT2D eigenvalue weighted by Crippen LogP contribution is 2.63. The van der Waals surface area contributed by atoms with E-state index < -0.39 is 48.0 Å². The number of nitrogens with one attached hydrogen (secondary N) is 3. The third kappa shape index (κ3) is 6.97. The van der Waals surface area contributed by atoms with Gasteiger partial charge in [0.2, 0.25) is 17.7 Å². The minimum absolute atomic E-state index is 0.0440. The Bertz CT molecular complexity index is 1580. The van der Waals surface area contributed by atoms with Crippen LogP contribution >= 0.6 is 0 Å². The number of rotatable bonds is 13. The van der Waals surface area contributed by atoms with Crippen LogP contribution in [0, 0.1) is 11.8 Å². The van der Waals surface area contributed by atoms with Gasteiger partial charge in [0.05, 0.1) is 25.6 Å². The number of hydrogen-bond acceptors (Lipinski definition) is 10. The largest absolute Gasteiger partial charge is 0.493 e. The zero-order valence-corrected chi connectivity index (χ0v) is 29.6. The predicted octanol–water partition coefficient (Wildman–Crippen LogP) is 1.03. The molecule has 15 heteroatoms. The molecule has 3 aliphatic heterocycles. The lowest BCUT2D eigenvalue weighted by Gasteiger charge is -2.56. The number of methoxy groups -OCH3 is 1. The maximum absolute atomic E-state index is 14.1. The Morgan fingerprint density at radius 2 is 1.96 bits per heavy atom. The molecular formula is C36H50N6O9. The lowest BCUT2D eigenvalue weighted by atomic mass is 9.53. The number of ether oxygens (including phenoxy) is 3. The molecule has 6 rings (SSSR count). The second kappa shape index (κ2) is 15.1. The molecule has 6 N–H and O–H groups in total. The number of carbonyl (C=O) groups excluding carboxylic acids is 4. The number of piperidine rings is 2. The average Bonchev–Trinajstić information content (AvgIpc) is 3.47. The zero-order valence-electron chi connectivity index (χ0n) is 29.6. The first-order valence-corrected chi connectivity index (χ1v) is 18.0. The van der Waals surface area contributed by atoms with Gasteiger partial charge in [-0.3, -0.25) is 19.2 Å². The van der Waals surface area contributed by atoms with Gasteiger partial charge in [0, 0.05) is 37.0 Å². The van der Waals surface area contributed by atoms with Crippen molar-refractivity contribution in [3.63, 3.8) is 0 Å². The van der Waals surface area contributed by atoms with Gasteiger partial charge in [-0.2, -0.15) is 0 Å². The van der Waals surface area contributed by atoms with E-state index >= 15 is 0 Å². The number of likely N-dealkylation sites (N-methyl/N-ethyl adjacent to an activating group) is 1. The molecule has 1 aromatic rings. The number of carboxylic acids is 1. The Balaban J connectivity index is 1.19. The third-order valence-electron chi connectivity index (χ3n) is 11.5. The van der Waals surface area contributed by atoms with E-state index in [1.807, 2.05) is 12.1 Å². The van der Waals surface area contributed by atoms with Crippen LogP contribution in [0.15, 0.2) is 24.0 Å². The molecule has 2 unspecified atom stereocenters. The lowest BCUT2D eigenvalue weighted by molar-refractivity contribution is -0.144. The molecule has 0 radical (unpaired) electrons. The molecule has 278 valence electrons. The smallest absolute Gasteiger partial charge is 0.415 e. The van der Waals surface area contributed by atoms with E-state index in [4.69, 9.17) is 19.9 Å². The number of nitrogens with two attached hydrogens (primary N) is 1. The number of likely N-dealkylation sites (tertiary alicyclic amines) is 2. The van der Waals surface area contributed by atoms with Crippen molar-refractivity contribution in [2.75, 3.05) is 46.9 Å². The van der Waals surface area contributed by atoms with E-state index in [-0.39, 0.29) is 49.7 Å². The maximum atomic E-state index is 14.1. The van der Waals surface area contributed by atoms with Gasteiger partial charge >= 0.3 is 12.1 Å². The summed E-state index contributed by atoms with van der Waals surface area (Å²) < 4.78 is 18.7. The summed E-state index contributed by atoms with van der Waals surface area (Å²) >= 11 is 0. The monoisotopic (exact) mass is 710 g/mol. The summed E-state index contributed by atoms with van der Waals surface area (Å²) in [6.07, 6.45) is 5.17. The fourth-order valence-corrected chi connectivity index (χ4v) is 8.99. The molecule has 51 heavy (non-hydrogen) atoms. The summed E-state index contributed by atoms with van der Waals surface area (Å²) in [5.74, 6) is -0.985. The van der Waals surface area contributed by atoms with Crippen molar-refractivity contribution < 1.29 is 43.3 Å². The second-order valence-electron chi connectivity index (χ2n) is 14.5. The van der Waals surface area contributed by atoms with Crippen molar-refractivity contribution in [2.24, 2.45) is 17.6 Å². The Labute approximate surface area is 297 Å². The van der Waals surface area contributed by atoms with Crippen molar-refractivity contribution in [2.45, 2.75) is 87.9 Å². The van der Waals surface area contributed by atoms with E-state index in [2.05, 4.69) is 34.0 Å². The second-order valence-corrected chi connectivity index (χ2v) is 14.5. The summed E-state index contributed by atoms with van der Waals surface area (Å²) in [6, 6.07) is 2.80. The van der Waals surface area contributed by atoms with Crippen LogP contribution in [0.25, 0.3) is 0 Å². The molecule has 0 aromatic heterocycles. The van der Waals surface area contributed by atoms with Crippen molar-refractivity contribution in [1.29, 1.82) is 0 Å². The van der Waals surface area contributed by atoms with Crippen LogP contribution in [0.5, 0.6) is 11.5 Å². The number of benzene rings is 1. The summed E-state index contributed by atoms with van der Waals surface area (Å²) in [4.78, 5) is 67.2. The SMILES string of the molecule is COc1ccc2c3c1O[C@H]1C(OC(=O)N4CCC(C(=O)O)CC4CNC(=O)[C@H](CCCCN)NC(=O)CNC(C)=O)=CC[C@H]4[C@@H](C2)N(C)CC[C@]314. The van der Waals surface area contributed by atoms with Crippen LogP contribution in [0.4, 0.5) is 4.79 Å². The molecule has 2 fully saturated rings. The molecule has 2 bridgehead atoms. The van der Waals surface area contributed by atoms with Gasteiger partial charge in [-0.05, 0) is 95.1 Å². The molecule has 7 atom stereocenters. The number of nitrogens with zero attached hydrogens (tertiary/aromatic N) is 2. The zero-order chi connectivity index (χ0) is 36.4. The standard InChI is InChI=1S/C36H50N6O9/c1-20(43)38-19-29(44)40-25(6-4-5-13-37)33(45)39-18-23-16-22(34(46)47)11-14-42(23)35(48)50-28-10-8-24-26-17-21-7-9-27(49-3)31-30(21)36(24,32(28)51-31)12-15-41(26)2/h7,9-10,22-26,32H,4-6,8,11-19,37H2,1-3H3,(H,38,43)(H,39,45)(H,40,44)(H,46,47)/t22?,23?,24-,25-,26+,32-,36-/m0/s1. The number of amides is 4. The predicted molar refractivity (Wildman–Crippen MR) is 184 cm³/mol. The topological polar surface area (TPSA) is 202 Å². The summed E-state index contributed by atoms with van der Waals surface area (Å²) in [5.41, 5.74) is 7.66. The number of aliphatic carboxylic acids is 1. The highest BCUT2D eigenvalue weighted by atomic mass is 16.6. The van der Waals surface area contributed by atoms with Crippen molar-refractivity contribution in [3.8, 4) is 11.5 Å². The van der Waals surface area contributed by atoms with Gasteiger partial charge in [0.1, 0.15) is 11.8 Å². The van der Waals surface area contributed by atoms with Crippen molar-refractivity contribution in [1.82, 2.24) is 25.8 Å². The normalized spacial score (nSPS) is 28.0. The van der Waals surface area contributed by atoms with Gasteiger partial charge in [-0.25, -0.2) is 4.79 Å². The Hall–Kier alpha value is -4.37. The number of allylic oxidation sites excluding steroid dienone is 1. The number of carboxylic acid groups (broad SMARTS) is 1. The molecule has 1 spiro atoms. The van der Waals surface area contributed by atoms with E-state index in [1.54, 1.807) is 7.11 Å². The quantitative estimate of drug-likeness (QED) is 0.183. The highest BCUT2D eigenvalue weighted by molar-refractivity contribution is 5.89. The first kappa shape index (κ1) is 36.4. The van der Waals surface area contributed by atoms with E-state index in [0.717, 1.165) is 24.9 Å². The molecule has 0 saturated carbocycles. The van der Waals surface area contributed by atoms with E-state index in [1.165, 1.54) is 17.4 Å². The minimum atomic E-state index is -0.972.